The molecule has 1 heterocycles. The summed E-state index contributed by atoms with van der Waals surface area (Å²) in [5.41, 5.74) is 6.59. The fourth-order valence-electron chi connectivity index (χ4n) is 5.36. The molecule has 4 aromatic rings. The molecule has 0 aliphatic carbocycles. The molecule has 0 atom stereocenters. The van der Waals surface area contributed by atoms with Gasteiger partial charge in [-0.15, -0.1) is 0 Å². The van der Waals surface area contributed by atoms with E-state index in [4.69, 9.17) is 4.98 Å². The minimum Gasteiger partial charge on any atom is -0.339 e. The minimum atomic E-state index is -0.155. The van der Waals surface area contributed by atoms with Crippen LogP contribution in [0.3, 0.4) is 0 Å². The zero-order chi connectivity index (χ0) is 33.1. The fraction of sp³-hybridized carbons (Fsp3) is 0.385. The Morgan fingerprint density at radius 1 is 0.783 bits per heavy atom. The zero-order valence-electron chi connectivity index (χ0n) is 28.3. The van der Waals surface area contributed by atoms with Crippen molar-refractivity contribution in [3.63, 3.8) is 0 Å². The van der Waals surface area contributed by atoms with Gasteiger partial charge in [0.2, 0.25) is 5.95 Å². The maximum atomic E-state index is 13.3. The predicted octanol–water partition coefficient (Wildman–Crippen LogP) is 9.57. The van der Waals surface area contributed by atoms with Gasteiger partial charge in [-0.3, -0.25) is 9.59 Å². The lowest BCUT2D eigenvalue weighted by atomic mass is 9.86. The van der Waals surface area contributed by atoms with Crippen LogP contribution in [0.5, 0.6) is 0 Å². The Bertz CT molecular complexity index is 1580. The number of benzene rings is 3. The summed E-state index contributed by atoms with van der Waals surface area (Å²) in [5.74, 6) is 0.379. The van der Waals surface area contributed by atoms with Gasteiger partial charge in [-0.2, -0.15) is 0 Å². The van der Waals surface area contributed by atoms with Gasteiger partial charge in [-0.25, -0.2) is 9.97 Å². The van der Waals surface area contributed by atoms with Gasteiger partial charge in [0.05, 0.1) is 5.69 Å². The van der Waals surface area contributed by atoms with Crippen molar-refractivity contribution in [3.8, 4) is 11.3 Å². The van der Waals surface area contributed by atoms with Crippen molar-refractivity contribution < 1.29 is 9.59 Å². The van der Waals surface area contributed by atoms with Crippen LogP contribution in [0.25, 0.3) is 11.3 Å². The summed E-state index contributed by atoms with van der Waals surface area (Å²) in [6.07, 6.45) is 8.30. The van der Waals surface area contributed by atoms with E-state index < -0.39 is 0 Å². The Kier molecular flexibility index (Phi) is 12.1. The highest BCUT2D eigenvalue weighted by molar-refractivity contribution is 6.05. The molecule has 0 fully saturated rings. The molecule has 0 saturated carbocycles. The molecule has 2 amide bonds. The average Bonchev–Trinajstić information content (AvgIpc) is 3.05. The number of nitrogens with zero attached hydrogens (tertiary/aromatic N) is 3. The number of amides is 2. The van der Waals surface area contributed by atoms with Crippen LogP contribution in [0.1, 0.15) is 105 Å². The van der Waals surface area contributed by atoms with E-state index in [9.17, 15) is 9.59 Å². The van der Waals surface area contributed by atoms with Crippen LogP contribution < -0.4 is 10.6 Å². The van der Waals surface area contributed by atoms with Gasteiger partial charge in [-0.05, 0) is 84.8 Å². The Balaban J connectivity index is 1.45. The summed E-state index contributed by atoms with van der Waals surface area (Å²) in [6.45, 7) is 14.4. The summed E-state index contributed by atoms with van der Waals surface area (Å²) in [5, 5.41) is 6.35. The molecule has 242 valence electrons. The number of nitrogens with one attached hydrogen (secondary N) is 2. The lowest BCUT2D eigenvalue weighted by molar-refractivity contribution is 0.0749. The number of anilines is 3. The molecule has 0 saturated heterocycles. The Labute approximate surface area is 274 Å². The third-order valence-corrected chi connectivity index (χ3v) is 8.27. The van der Waals surface area contributed by atoms with Gasteiger partial charge in [0.25, 0.3) is 11.8 Å². The van der Waals surface area contributed by atoms with Crippen LogP contribution in [0.15, 0.2) is 79.0 Å². The van der Waals surface area contributed by atoms with Crippen molar-refractivity contribution in [2.75, 3.05) is 23.7 Å². The first-order valence-electron chi connectivity index (χ1n) is 16.6. The second-order valence-corrected chi connectivity index (χ2v) is 12.9. The number of hydrogen-bond acceptors (Lipinski definition) is 5. The van der Waals surface area contributed by atoms with E-state index in [-0.39, 0.29) is 17.2 Å². The molecule has 1 aromatic heterocycles. The van der Waals surface area contributed by atoms with E-state index in [0.29, 0.717) is 17.1 Å². The highest BCUT2D eigenvalue weighted by Gasteiger charge is 2.17. The van der Waals surface area contributed by atoms with Crippen LogP contribution in [-0.4, -0.2) is 39.8 Å². The van der Waals surface area contributed by atoms with Gasteiger partial charge in [0, 0.05) is 47.4 Å². The van der Waals surface area contributed by atoms with Crippen molar-refractivity contribution in [1.82, 2.24) is 14.9 Å². The molecule has 0 unspecified atom stereocenters. The van der Waals surface area contributed by atoms with Crippen LogP contribution in [-0.2, 0) is 5.41 Å². The zero-order valence-corrected chi connectivity index (χ0v) is 28.3. The van der Waals surface area contributed by atoms with E-state index in [1.807, 2.05) is 84.6 Å². The molecule has 0 spiro atoms. The van der Waals surface area contributed by atoms with Gasteiger partial charge < -0.3 is 15.5 Å². The first-order chi connectivity index (χ1) is 22.1. The molecule has 0 aliphatic heterocycles. The van der Waals surface area contributed by atoms with E-state index in [1.54, 1.807) is 6.20 Å². The second-order valence-electron chi connectivity index (χ2n) is 12.9. The summed E-state index contributed by atoms with van der Waals surface area (Å²) in [6, 6.07) is 23.0. The molecule has 4 rings (SSSR count). The number of unbranched alkanes of at least 4 members (excludes halogenated alkanes) is 4. The highest BCUT2D eigenvalue weighted by Crippen LogP contribution is 2.29. The third-order valence-electron chi connectivity index (χ3n) is 8.27. The molecule has 0 radical (unpaired) electrons. The molecule has 46 heavy (non-hydrogen) atoms. The lowest BCUT2D eigenvalue weighted by Crippen LogP contribution is -2.33. The standard InChI is InChI=1S/C39H49N5O2/c1-7-9-11-26-44(27-12-10-8-2)37(46)30-18-22-32(23-19-30)41-38-40-25-24-35(43-38)33-14-13-15-34(28(33)3)42-36(45)29-16-20-31(21-17-29)39(4,5)6/h13-25H,7-12,26-27H2,1-6H3,(H,42,45)(H,40,41,43). The van der Waals surface area contributed by atoms with E-state index in [2.05, 4.69) is 50.2 Å². The highest BCUT2D eigenvalue weighted by atomic mass is 16.2. The van der Waals surface area contributed by atoms with Crippen molar-refractivity contribution >= 4 is 29.1 Å². The predicted molar refractivity (Wildman–Crippen MR) is 190 cm³/mol. The molecule has 0 aliphatic rings. The Hall–Kier alpha value is -4.52. The largest absolute Gasteiger partial charge is 0.339 e. The molecular weight excluding hydrogens is 570 g/mol. The molecule has 7 heteroatoms. The smallest absolute Gasteiger partial charge is 0.255 e. The molecule has 7 nitrogen and oxygen atoms in total. The van der Waals surface area contributed by atoms with Crippen molar-refractivity contribution in [2.24, 2.45) is 0 Å². The first-order valence-corrected chi connectivity index (χ1v) is 16.6. The topological polar surface area (TPSA) is 87.2 Å². The number of rotatable bonds is 14. The van der Waals surface area contributed by atoms with E-state index in [0.717, 1.165) is 79.8 Å². The summed E-state index contributed by atoms with van der Waals surface area (Å²) in [7, 11) is 0. The third kappa shape index (κ3) is 9.25. The van der Waals surface area contributed by atoms with Crippen molar-refractivity contribution in [1.29, 1.82) is 0 Å². The number of carbonyl (C=O) groups excluding carboxylic acids is 2. The van der Waals surface area contributed by atoms with Gasteiger partial charge >= 0.3 is 0 Å². The maximum Gasteiger partial charge on any atom is 0.255 e. The second kappa shape index (κ2) is 16.2. The SMILES string of the molecule is CCCCCN(CCCCC)C(=O)c1ccc(Nc2nccc(-c3cccc(NC(=O)c4ccc(C(C)(C)C)cc4)c3C)n2)cc1. The Morgan fingerprint density at radius 3 is 2.02 bits per heavy atom. The fourth-order valence-corrected chi connectivity index (χ4v) is 5.36. The van der Waals surface area contributed by atoms with Crippen LogP contribution in [0.4, 0.5) is 17.3 Å². The van der Waals surface area contributed by atoms with E-state index in [1.165, 1.54) is 5.56 Å². The van der Waals surface area contributed by atoms with Crippen LogP contribution in [0.2, 0.25) is 0 Å². The van der Waals surface area contributed by atoms with Gasteiger partial charge in [0.15, 0.2) is 0 Å². The number of hydrogen-bond donors (Lipinski definition) is 2. The van der Waals surface area contributed by atoms with Crippen LogP contribution >= 0.6 is 0 Å². The summed E-state index contributed by atoms with van der Waals surface area (Å²) >= 11 is 0. The quantitative estimate of drug-likeness (QED) is 0.137. The van der Waals surface area contributed by atoms with E-state index >= 15 is 0 Å². The van der Waals surface area contributed by atoms with Gasteiger partial charge in [0.1, 0.15) is 0 Å². The monoisotopic (exact) mass is 619 g/mol. The summed E-state index contributed by atoms with van der Waals surface area (Å²) < 4.78 is 0. The average molecular weight is 620 g/mol. The lowest BCUT2D eigenvalue weighted by Gasteiger charge is -2.23. The molecule has 3 aromatic carbocycles. The Morgan fingerprint density at radius 2 is 1.41 bits per heavy atom. The van der Waals surface area contributed by atoms with Crippen molar-refractivity contribution in [3.05, 3.63) is 101 Å². The molecule has 0 bridgehead atoms. The van der Waals surface area contributed by atoms with Crippen LogP contribution in [0, 0.1) is 6.92 Å². The maximum absolute atomic E-state index is 13.3. The van der Waals surface area contributed by atoms with Crippen molar-refractivity contribution in [2.45, 2.75) is 85.5 Å². The number of carbonyl (C=O) groups is 2. The minimum absolute atomic E-state index is 0.0246. The summed E-state index contributed by atoms with van der Waals surface area (Å²) in [4.78, 5) is 37.6. The molecular formula is C39H49N5O2. The molecule has 2 N–H and O–H groups in total. The number of aromatic nitrogens is 2. The normalized spacial score (nSPS) is 11.3. The first kappa shape index (κ1) is 34.4. The van der Waals surface area contributed by atoms with Gasteiger partial charge in [-0.1, -0.05) is 84.6 Å².